The molecule has 112 valence electrons. The molecule has 21 heavy (non-hydrogen) atoms. The molecule has 1 aliphatic heterocycles. The lowest BCUT2D eigenvalue weighted by atomic mass is 10.0. The third-order valence-corrected chi connectivity index (χ3v) is 3.16. The molecule has 1 aliphatic rings. The van der Waals surface area contributed by atoms with Crippen molar-refractivity contribution in [2.75, 3.05) is 0 Å². The van der Waals surface area contributed by atoms with Crippen LogP contribution >= 0.6 is 0 Å². The highest BCUT2D eigenvalue weighted by atomic mass is 16.6. The Bertz CT molecular complexity index is 567. The topological polar surface area (TPSA) is 46.6 Å². The predicted octanol–water partition coefficient (Wildman–Crippen LogP) is 3.54. The molecule has 0 radical (unpaired) electrons. The fraction of sp³-hybridized carbons (Fsp3) is 0.412. The van der Waals surface area contributed by atoms with Gasteiger partial charge in [0.2, 0.25) is 5.91 Å². The third kappa shape index (κ3) is 3.94. The van der Waals surface area contributed by atoms with Crippen LogP contribution in [0.15, 0.2) is 30.3 Å². The second kappa shape index (κ2) is 5.72. The van der Waals surface area contributed by atoms with Gasteiger partial charge in [0.25, 0.3) is 0 Å². The van der Waals surface area contributed by atoms with E-state index in [9.17, 15) is 9.59 Å². The van der Waals surface area contributed by atoms with Crippen LogP contribution < -0.4 is 0 Å². The van der Waals surface area contributed by atoms with E-state index in [-0.39, 0.29) is 11.9 Å². The maximum absolute atomic E-state index is 12.0. The van der Waals surface area contributed by atoms with Gasteiger partial charge in [-0.05, 0) is 33.3 Å². The summed E-state index contributed by atoms with van der Waals surface area (Å²) in [5.41, 5.74) is 1.64. The molecule has 0 spiro atoms. The number of rotatable bonds is 2. The Labute approximate surface area is 125 Å². The molecule has 1 saturated heterocycles. The summed E-state index contributed by atoms with van der Waals surface area (Å²) in [6.07, 6.45) is 3.57. The zero-order valence-corrected chi connectivity index (χ0v) is 12.9. The van der Waals surface area contributed by atoms with Crippen molar-refractivity contribution in [3.05, 3.63) is 41.5 Å². The molecule has 2 rings (SSSR count). The van der Waals surface area contributed by atoms with Gasteiger partial charge in [0.05, 0.1) is 12.5 Å². The van der Waals surface area contributed by atoms with Gasteiger partial charge in [-0.2, -0.15) is 0 Å². The number of hydrogen-bond donors (Lipinski definition) is 0. The second-order valence-electron chi connectivity index (χ2n) is 6.29. The first-order valence-corrected chi connectivity index (χ1v) is 7.06. The summed E-state index contributed by atoms with van der Waals surface area (Å²) in [6.45, 7) is 7.38. The lowest BCUT2D eigenvalue weighted by Gasteiger charge is -2.37. The van der Waals surface area contributed by atoms with E-state index in [1.165, 1.54) is 10.5 Å². The summed E-state index contributed by atoms with van der Waals surface area (Å²) < 4.78 is 5.24. The number of β-lactam (4-membered cyclic amide) rings is 1. The average molecular weight is 287 g/mol. The van der Waals surface area contributed by atoms with Gasteiger partial charge in [-0.3, -0.25) is 4.79 Å². The molecule has 0 N–H and O–H groups in total. The molecule has 4 heteroatoms. The summed E-state index contributed by atoms with van der Waals surface area (Å²) in [5, 5.41) is 0. The quantitative estimate of drug-likeness (QED) is 0.782. The molecule has 1 heterocycles. The fourth-order valence-electron chi connectivity index (χ4n) is 2.04. The minimum Gasteiger partial charge on any atom is -0.443 e. The molecule has 1 aromatic carbocycles. The summed E-state index contributed by atoms with van der Waals surface area (Å²) >= 11 is 0. The molecule has 2 amide bonds. The van der Waals surface area contributed by atoms with Crippen molar-refractivity contribution >= 4 is 18.1 Å². The molecule has 1 unspecified atom stereocenters. The Kier molecular flexibility index (Phi) is 4.16. The average Bonchev–Trinajstić information content (AvgIpc) is 2.33. The SMILES string of the molecule is Cc1ccc(/C=C/C2CC(=O)N2C(=O)OC(C)(C)C)cc1. The maximum atomic E-state index is 12.0. The normalized spacial score (nSPS) is 18.8. The highest BCUT2D eigenvalue weighted by Gasteiger charge is 2.41. The van der Waals surface area contributed by atoms with Crippen LogP contribution in [0.1, 0.15) is 38.3 Å². The summed E-state index contributed by atoms with van der Waals surface area (Å²) in [7, 11) is 0. The van der Waals surface area contributed by atoms with Crippen LogP contribution in [0.3, 0.4) is 0 Å². The first-order valence-electron chi connectivity index (χ1n) is 7.06. The van der Waals surface area contributed by atoms with Crippen LogP contribution in [0.2, 0.25) is 0 Å². The monoisotopic (exact) mass is 287 g/mol. The number of amides is 2. The molecule has 4 nitrogen and oxygen atoms in total. The van der Waals surface area contributed by atoms with E-state index < -0.39 is 11.7 Å². The van der Waals surface area contributed by atoms with E-state index >= 15 is 0 Å². The molecular formula is C17H21NO3. The van der Waals surface area contributed by atoms with Crippen molar-refractivity contribution in [3.8, 4) is 0 Å². The van der Waals surface area contributed by atoms with E-state index in [1.807, 2.05) is 43.3 Å². The highest BCUT2D eigenvalue weighted by Crippen LogP contribution is 2.24. The minimum atomic E-state index is -0.599. The van der Waals surface area contributed by atoms with Gasteiger partial charge in [-0.15, -0.1) is 0 Å². The van der Waals surface area contributed by atoms with Gasteiger partial charge in [0.1, 0.15) is 5.60 Å². The smallest absolute Gasteiger partial charge is 0.417 e. The molecule has 1 atom stereocenters. The Hall–Kier alpha value is -2.10. The summed E-state index contributed by atoms with van der Waals surface area (Å²) in [6, 6.07) is 7.84. The van der Waals surface area contributed by atoms with Gasteiger partial charge in [0, 0.05) is 0 Å². The van der Waals surface area contributed by atoms with Gasteiger partial charge >= 0.3 is 6.09 Å². The second-order valence-corrected chi connectivity index (χ2v) is 6.29. The molecule has 0 aromatic heterocycles. The number of imide groups is 1. The van der Waals surface area contributed by atoms with Gasteiger partial charge in [-0.1, -0.05) is 42.0 Å². The number of nitrogens with zero attached hydrogens (tertiary/aromatic N) is 1. The highest BCUT2D eigenvalue weighted by molar-refractivity contribution is 5.98. The van der Waals surface area contributed by atoms with Crippen molar-refractivity contribution < 1.29 is 14.3 Å². The molecule has 0 aliphatic carbocycles. The third-order valence-electron chi connectivity index (χ3n) is 3.16. The lowest BCUT2D eigenvalue weighted by Crippen LogP contribution is -2.55. The predicted molar refractivity (Wildman–Crippen MR) is 81.7 cm³/mol. The maximum Gasteiger partial charge on any atom is 0.417 e. The van der Waals surface area contributed by atoms with Crippen molar-refractivity contribution in [1.82, 2.24) is 4.90 Å². The van der Waals surface area contributed by atoms with Crippen molar-refractivity contribution in [1.29, 1.82) is 0 Å². The number of carbonyl (C=O) groups is 2. The van der Waals surface area contributed by atoms with E-state index in [2.05, 4.69) is 0 Å². The van der Waals surface area contributed by atoms with Crippen LogP contribution in [0, 0.1) is 6.92 Å². The number of ether oxygens (including phenoxy) is 1. The first-order chi connectivity index (χ1) is 9.76. The standard InChI is InChI=1S/C17H21NO3/c1-12-5-7-13(8-6-12)9-10-14-11-15(19)18(14)16(20)21-17(2,3)4/h5-10,14H,11H2,1-4H3/b10-9+. The van der Waals surface area contributed by atoms with Crippen LogP contribution in [0.4, 0.5) is 4.79 Å². The fourth-order valence-corrected chi connectivity index (χ4v) is 2.04. The molecule has 1 aromatic rings. The minimum absolute atomic E-state index is 0.192. The molecule has 0 bridgehead atoms. The van der Waals surface area contributed by atoms with Gasteiger partial charge < -0.3 is 4.74 Å². The Morgan fingerprint density at radius 1 is 1.29 bits per heavy atom. The summed E-state index contributed by atoms with van der Waals surface area (Å²) in [5.74, 6) is -0.192. The Morgan fingerprint density at radius 2 is 1.90 bits per heavy atom. The number of likely N-dealkylation sites (tertiary alicyclic amines) is 1. The van der Waals surface area contributed by atoms with E-state index in [4.69, 9.17) is 4.74 Å². The van der Waals surface area contributed by atoms with Crippen molar-refractivity contribution in [3.63, 3.8) is 0 Å². The van der Waals surface area contributed by atoms with Crippen LogP contribution in [-0.2, 0) is 9.53 Å². The Balaban J connectivity index is 2.02. The van der Waals surface area contributed by atoms with Crippen LogP contribution in [0.25, 0.3) is 6.08 Å². The zero-order chi connectivity index (χ0) is 15.6. The molecular weight excluding hydrogens is 266 g/mol. The zero-order valence-electron chi connectivity index (χ0n) is 12.9. The van der Waals surface area contributed by atoms with Crippen LogP contribution in [-0.4, -0.2) is 28.5 Å². The number of carbonyl (C=O) groups excluding carboxylic acids is 2. The first kappa shape index (κ1) is 15.3. The van der Waals surface area contributed by atoms with E-state index in [0.717, 1.165) is 5.56 Å². The van der Waals surface area contributed by atoms with E-state index in [1.54, 1.807) is 20.8 Å². The lowest BCUT2D eigenvalue weighted by molar-refractivity contribution is -0.141. The summed E-state index contributed by atoms with van der Waals surface area (Å²) in [4.78, 5) is 24.8. The van der Waals surface area contributed by atoms with Gasteiger partial charge in [-0.25, -0.2) is 9.69 Å². The number of benzene rings is 1. The van der Waals surface area contributed by atoms with Crippen molar-refractivity contribution in [2.45, 2.75) is 45.8 Å². The number of hydrogen-bond acceptors (Lipinski definition) is 3. The van der Waals surface area contributed by atoms with E-state index in [0.29, 0.717) is 6.42 Å². The Morgan fingerprint density at radius 3 is 2.43 bits per heavy atom. The van der Waals surface area contributed by atoms with Gasteiger partial charge in [0.15, 0.2) is 0 Å². The molecule has 0 saturated carbocycles. The van der Waals surface area contributed by atoms with Crippen molar-refractivity contribution in [2.24, 2.45) is 0 Å². The molecule has 1 fully saturated rings. The largest absolute Gasteiger partial charge is 0.443 e. The number of aryl methyl sites for hydroxylation is 1. The van der Waals surface area contributed by atoms with Crippen LogP contribution in [0.5, 0.6) is 0 Å².